The lowest BCUT2D eigenvalue weighted by molar-refractivity contribution is 0.180. The van der Waals surface area contributed by atoms with Crippen molar-refractivity contribution in [3.8, 4) is 5.75 Å². The number of rotatable bonds is 4. The van der Waals surface area contributed by atoms with Crippen molar-refractivity contribution in [1.82, 2.24) is 4.90 Å². The third-order valence-electron chi connectivity index (χ3n) is 3.83. The first-order valence-electron chi connectivity index (χ1n) is 7.13. The number of benzene rings is 1. The summed E-state index contributed by atoms with van der Waals surface area (Å²) in [5.74, 6) is 1.34. The zero-order valence-corrected chi connectivity index (χ0v) is 13.2. The third kappa shape index (κ3) is 4.79. The molecule has 2 rings (SSSR count). The Labute approximate surface area is 132 Å². The highest BCUT2D eigenvalue weighted by Gasteiger charge is 2.22. The van der Waals surface area contributed by atoms with Crippen LogP contribution in [0.1, 0.15) is 19.3 Å². The van der Waals surface area contributed by atoms with Crippen molar-refractivity contribution in [1.29, 1.82) is 0 Å². The highest BCUT2D eigenvalue weighted by molar-refractivity contribution is 5.91. The van der Waals surface area contributed by atoms with Crippen LogP contribution >= 0.6 is 12.4 Å². The number of carbonyl (C=O) groups is 1. The maximum atomic E-state index is 12.2. The number of likely N-dealkylation sites (tertiary alicyclic amines) is 1. The Morgan fingerprint density at radius 2 is 2.05 bits per heavy atom. The number of methoxy groups -OCH3 is 1. The van der Waals surface area contributed by atoms with Gasteiger partial charge < -0.3 is 20.7 Å². The van der Waals surface area contributed by atoms with Crippen molar-refractivity contribution in [2.45, 2.75) is 19.3 Å². The zero-order chi connectivity index (χ0) is 14.4. The molecule has 0 bridgehead atoms. The van der Waals surface area contributed by atoms with Crippen molar-refractivity contribution in [3.05, 3.63) is 24.3 Å². The highest BCUT2D eigenvalue weighted by atomic mass is 35.5. The van der Waals surface area contributed by atoms with Crippen LogP contribution in [0.4, 0.5) is 10.5 Å². The minimum atomic E-state index is -0.0549. The van der Waals surface area contributed by atoms with Crippen molar-refractivity contribution in [2.24, 2.45) is 11.7 Å². The molecule has 0 saturated carbocycles. The second kappa shape index (κ2) is 8.74. The van der Waals surface area contributed by atoms with Crippen molar-refractivity contribution in [2.75, 3.05) is 32.1 Å². The summed E-state index contributed by atoms with van der Waals surface area (Å²) in [7, 11) is 1.60. The van der Waals surface area contributed by atoms with Gasteiger partial charge in [-0.3, -0.25) is 0 Å². The molecule has 118 valence electrons. The lowest BCUT2D eigenvalue weighted by Crippen LogP contribution is -2.41. The van der Waals surface area contributed by atoms with Crippen molar-refractivity contribution < 1.29 is 9.53 Å². The fraction of sp³-hybridized carbons (Fsp3) is 0.533. The van der Waals surface area contributed by atoms with E-state index in [1.165, 1.54) is 0 Å². The molecule has 1 aromatic carbocycles. The highest BCUT2D eigenvalue weighted by Crippen LogP contribution is 2.25. The Kier molecular flexibility index (Phi) is 7.32. The molecule has 1 fully saturated rings. The van der Waals surface area contributed by atoms with Gasteiger partial charge >= 0.3 is 6.03 Å². The predicted molar refractivity (Wildman–Crippen MR) is 87.2 cm³/mol. The van der Waals surface area contributed by atoms with E-state index in [0.29, 0.717) is 17.4 Å². The number of nitrogens with zero attached hydrogens (tertiary/aromatic N) is 1. The molecule has 0 aliphatic carbocycles. The maximum Gasteiger partial charge on any atom is 0.321 e. The van der Waals surface area contributed by atoms with Crippen LogP contribution in [-0.4, -0.2) is 37.7 Å². The molecule has 1 saturated heterocycles. The van der Waals surface area contributed by atoms with Gasteiger partial charge in [-0.15, -0.1) is 12.4 Å². The van der Waals surface area contributed by atoms with Crippen LogP contribution in [-0.2, 0) is 0 Å². The van der Waals surface area contributed by atoms with Crippen LogP contribution in [0.3, 0.4) is 0 Å². The SMILES string of the molecule is COc1ccccc1NC(=O)N1CCC(CCN)CC1.Cl. The number of nitrogens with two attached hydrogens (primary N) is 1. The van der Waals surface area contributed by atoms with E-state index in [2.05, 4.69) is 5.32 Å². The number of amides is 2. The zero-order valence-electron chi connectivity index (χ0n) is 12.4. The number of piperidine rings is 1. The number of carbonyl (C=O) groups excluding carboxylic acids is 1. The van der Waals surface area contributed by atoms with Crippen LogP contribution in [0, 0.1) is 5.92 Å². The monoisotopic (exact) mass is 313 g/mol. The topological polar surface area (TPSA) is 67.6 Å². The molecular weight excluding hydrogens is 290 g/mol. The molecule has 1 aromatic rings. The van der Waals surface area contributed by atoms with E-state index in [1.54, 1.807) is 7.11 Å². The molecule has 5 nitrogen and oxygen atoms in total. The molecule has 1 heterocycles. The number of ether oxygens (including phenoxy) is 1. The molecular formula is C15H24ClN3O2. The van der Waals surface area contributed by atoms with E-state index in [1.807, 2.05) is 29.2 Å². The van der Waals surface area contributed by atoms with Gasteiger partial charge in [-0.2, -0.15) is 0 Å². The third-order valence-corrected chi connectivity index (χ3v) is 3.83. The van der Waals surface area contributed by atoms with Crippen LogP contribution in [0.2, 0.25) is 0 Å². The summed E-state index contributed by atoms with van der Waals surface area (Å²) >= 11 is 0. The Bertz CT molecular complexity index is 448. The van der Waals surface area contributed by atoms with Crippen LogP contribution in [0.15, 0.2) is 24.3 Å². The second-order valence-electron chi connectivity index (χ2n) is 5.14. The fourth-order valence-corrected chi connectivity index (χ4v) is 2.60. The molecule has 6 heteroatoms. The molecule has 0 spiro atoms. The van der Waals surface area contributed by atoms with E-state index in [-0.39, 0.29) is 18.4 Å². The van der Waals surface area contributed by atoms with Gasteiger partial charge in [0.2, 0.25) is 0 Å². The Morgan fingerprint density at radius 1 is 1.38 bits per heavy atom. The Balaban J connectivity index is 0.00000220. The molecule has 0 atom stereocenters. The van der Waals surface area contributed by atoms with Crippen molar-refractivity contribution >= 4 is 24.1 Å². The standard InChI is InChI=1S/C15H23N3O2.ClH/c1-20-14-5-3-2-4-13(14)17-15(19)18-10-7-12(6-9-16)8-11-18;/h2-5,12H,6-11,16H2,1H3,(H,17,19);1H. The number of halogens is 1. The number of anilines is 1. The van der Waals surface area contributed by atoms with E-state index < -0.39 is 0 Å². The summed E-state index contributed by atoms with van der Waals surface area (Å²) in [6.45, 7) is 2.33. The molecule has 2 amide bonds. The molecule has 0 unspecified atom stereocenters. The Morgan fingerprint density at radius 3 is 2.67 bits per heavy atom. The van der Waals surface area contributed by atoms with Gasteiger partial charge in [-0.25, -0.2) is 4.79 Å². The molecule has 0 radical (unpaired) electrons. The molecule has 21 heavy (non-hydrogen) atoms. The second-order valence-corrected chi connectivity index (χ2v) is 5.14. The van der Waals surface area contributed by atoms with E-state index in [9.17, 15) is 4.79 Å². The van der Waals surface area contributed by atoms with Crippen LogP contribution in [0.25, 0.3) is 0 Å². The lowest BCUT2D eigenvalue weighted by Gasteiger charge is -2.32. The van der Waals surface area contributed by atoms with Gasteiger partial charge in [0.05, 0.1) is 12.8 Å². The van der Waals surface area contributed by atoms with Gasteiger partial charge in [-0.1, -0.05) is 12.1 Å². The number of hydrogen-bond donors (Lipinski definition) is 2. The first-order valence-corrected chi connectivity index (χ1v) is 7.13. The number of nitrogens with one attached hydrogen (secondary N) is 1. The van der Waals surface area contributed by atoms with Gasteiger partial charge in [0.15, 0.2) is 0 Å². The van der Waals surface area contributed by atoms with Gasteiger partial charge in [-0.05, 0) is 43.9 Å². The minimum absolute atomic E-state index is 0. The summed E-state index contributed by atoms with van der Waals surface area (Å²) in [5.41, 5.74) is 6.29. The quantitative estimate of drug-likeness (QED) is 0.898. The molecule has 1 aliphatic heterocycles. The summed E-state index contributed by atoms with van der Waals surface area (Å²) in [6.07, 6.45) is 3.13. The summed E-state index contributed by atoms with van der Waals surface area (Å²) in [4.78, 5) is 14.1. The average Bonchev–Trinajstić information content (AvgIpc) is 2.49. The number of urea groups is 1. The predicted octanol–water partition coefficient (Wildman–Crippen LogP) is 2.71. The number of hydrogen-bond acceptors (Lipinski definition) is 3. The summed E-state index contributed by atoms with van der Waals surface area (Å²) in [6, 6.07) is 7.39. The largest absolute Gasteiger partial charge is 0.495 e. The van der Waals surface area contributed by atoms with Gasteiger partial charge in [0, 0.05) is 13.1 Å². The smallest absolute Gasteiger partial charge is 0.321 e. The van der Waals surface area contributed by atoms with E-state index in [0.717, 1.165) is 38.9 Å². The van der Waals surface area contributed by atoms with E-state index >= 15 is 0 Å². The number of para-hydroxylation sites is 2. The minimum Gasteiger partial charge on any atom is -0.495 e. The van der Waals surface area contributed by atoms with E-state index in [4.69, 9.17) is 10.5 Å². The summed E-state index contributed by atoms with van der Waals surface area (Å²) in [5, 5.41) is 2.92. The van der Waals surface area contributed by atoms with Crippen LogP contribution in [0.5, 0.6) is 5.75 Å². The average molecular weight is 314 g/mol. The first kappa shape index (κ1) is 17.6. The molecule has 1 aliphatic rings. The van der Waals surface area contributed by atoms with Crippen LogP contribution < -0.4 is 15.8 Å². The normalized spacial score (nSPS) is 15.2. The Hall–Kier alpha value is -1.46. The first-order chi connectivity index (χ1) is 9.74. The summed E-state index contributed by atoms with van der Waals surface area (Å²) < 4.78 is 5.24. The molecule has 3 N–H and O–H groups in total. The fourth-order valence-electron chi connectivity index (χ4n) is 2.60. The maximum absolute atomic E-state index is 12.2. The van der Waals surface area contributed by atoms with Gasteiger partial charge in [0.25, 0.3) is 0 Å². The lowest BCUT2D eigenvalue weighted by atomic mass is 9.94. The van der Waals surface area contributed by atoms with Crippen molar-refractivity contribution in [3.63, 3.8) is 0 Å². The molecule has 0 aromatic heterocycles. The van der Waals surface area contributed by atoms with Gasteiger partial charge in [0.1, 0.15) is 5.75 Å².